The Hall–Kier alpha value is -1.60. The van der Waals surface area contributed by atoms with Gasteiger partial charge in [-0.3, -0.25) is 9.59 Å². The van der Waals surface area contributed by atoms with Crippen molar-refractivity contribution in [3.8, 4) is 0 Å². The third-order valence-corrected chi connectivity index (χ3v) is 4.01. The van der Waals surface area contributed by atoms with E-state index in [0.29, 0.717) is 11.6 Å². The van der Waals surface area contributed by atoms with Crippen molar-refractivity contribution in [3.05, 3.63) is 50.9 Å². The summed E-state index contributed by atoms with van der Waals surface area (Å²) in [6.45, 7) is 1.93. The summed E-state index contributed by atoms with van der Waals surface area (Å²) in [7, 11) is 0. The first kappa shape index (κ1) is 15.8. The van der Waals surface area contributed by atoms with Crippen LogP contribution >= 0.6 is 27.7 Å². The number of nitrogens with one attached hydrogen (secondary N) is 2. The molecule has 1 heterocycles. The number of carbonyl (C=O) groups is 1. The fourth-order valence-corrected chi connectivity index (χ4v) is 2.56. The Balaban J connectivity index is 1.93. The Morgan fingerprint density at radius 2 is 2.10 bits per heavy atom. The minimum atomic E-state index is -0.197. The van der Waals surface area contributed by atoms with Crippen LogP contribution in [-0.2, 0) is 11.2 Å². The number of halogens is 1. The number of benzene rings is 1. The fourth-order valence-electron chi connectivity index (χ4n) is 1.60. The van der Waals surface area contributed by atoms with E-state index in [-0.39, 0.29) is 17.2 Å². The van der Waals surface area contributed by atoms with Crippen LogP contribution in [-0.4, -0.2) is 21.6 Å². The van der Waals surface area contributed by atoms with Crippen molar-refractivity contribution >= 4 is 39.3 Å². The van der Waals surface area contributed by atoms with Gasteiger partial charge in [-0.25, -0.2) is 4.98 Å². The summed E-state index contributed by atoms with van der Waals surface area (Å²) in [5.74, 6) is 0.0403. The molecule has 1 aromatic carbocycles. The minimum Gasteiger partial charge on any atom is -0.325 e. The Labute approximate surface area is 134 Å². The van der Waals surface area contributed by atoms with Gasteiger partial charge in [0.15, 0.2) is 5.16 Å². The summed E-state index contributed by atoms with van der Waals surface area (Å²) in [5.41, 5.74) is 1.25. The van der Waals surface area contributed by atoms with Crippen LogP contribution in [0.2, 0.25) is 0 Å². The molecule has 0 unspecified atom stereocenters. The summed E-state index contributed by atoms with van der Waals surface area (Å²) in [4.78, 5) is 30.2. The topological polar surface area (TPSA) is 74.8 Å². The van der Waals surface area contributed by atoms with E-state index in [4.69, 9.17) is 0 Å². The lowest BCUT2D eigenvalue weighted by Crippen LogP contribution is -2.15. The van der Waals surface area contributed by atoms with Gasteiger partial charge in [0.05, 0.1) is 5.75 Å². The lowest BCUT2D eigenvalue weighted by molar-refractivity contribution is -0.113. The van der Waals surface area contributed by atoms with Gasteiger partial charge in [-0.15, -0.1) is 0 Å². The second kappa shape index (κ2) is 7.42. The number of thioether (sulfide) groups is 1. The first-order chi connectivity index (χ1) is 10.1. The number of hydrogen-bond donors (Lipinski definition) is 2. The van der Waals surface area contributed by atoms with Crippen molar-refractivity contribution in [1.29, 1.82) is 0 Å². The Morgan fingerprint density at radius 3 is 2.76 bits per heavy atom. The largest absolute Gasteiger partial charge is 0.325 e. The number of aryl methyl sites for hydroxylation is 1. The molecule has 0 saturated carbocycles. The van der Waals surface area contributed by atoms with Gasteiger partial charge in [-0.1, -0.05) is 34.6 Å². The molecule has 2 N–H and O–H groups in total. The maximum Gasteiger partial charge on any atom is 0.251 e. The Kier molecular flexibility index (Phi) is 5.58. The van der Waals surface area contributed by atoms with Gasteiger partial charge in [0.25, 0.3) is 5.56 Å². The predicted octanol–water partition coefficient (Wildman–Crippen LogP) is 2.83. The van der Waals surface area contributed by atoms with Crippen molar-refractivity contribution in [2.24, 2.45) is 0 Å². The van der Waals surface area contributed by atoms with E-state index in [0.717, 1.165) is 15.9 Å². The van der Waals surface area contributed by atoms with Crippen LogP contribution in [0.4, 0.5) is 5.69 Å². The number of aromatic nitrogens is 2. The van der Waals surface area contributed by atoms with Gasteiger partial charge in [0.2, 0.25) is 5.91 Å². The number of hydrogen-bond acceptors (Lipinski definition) is 4. The quantitative estimate of drug-likeness (QED) is 0.629. The molecule has 0 radical (unpaired) electrons. The molecular formula is C14H14BrN3O2S. The third-order valence-electron chi connectivity index (χ3n) is 2.60. The lowest BCUT2D eigenvalue weighted by atomic mass is 10.3. The van der Waals surface area contributed by atoms with Crippen LogP contribution in [0.5, 0.6) is 0 Å². The van der Waals surface area contributed by atoms with E-state index in [9.17, 15) is 9.59 Å². The van der Waals surface area contributed by atoms with Crippen molar-refractivity contribution in [2.45, 2.75) is 18.5 Å². The zero-order valence-corrected chi connectivity index (χ0v) is 13.8. The summed E-state index contributed by atoms with van der Waals surface area (Å²) >= 11 is 4.54. The number of anilines is 1. The maximum absolute atomic E-state index is 11.8. The number of rotatable bonds is 5. The summed E-state index contributed by atoms with van der Waals surface area (Å²) in [5, 5.41) is 3.25. The van der Waals surface area contributed by atoms with Gasteiger partial charge < -0.3 is 10.3 Å². The maximum atomic E-state index is 11.8. The van der Waals surface area contributed by atoms with E-state index < -0.39 is 0 Å². The van der Waals surface area contributed by atoms with Gasteiger partial charge in [-0.05, 0) is 30.7 Å². The number of H-pyrrole nitrogens is 1. The first-order valence-corrected chi connectivity index (χ1v) is 8.13. The normalized spacial score (nSPS) is 10.4. The van der Waals surface area contributed by atoms with E-state index >= 15 is 0 Å². The number of nitrogens with zero attached hydrogens (tertiary/aromatic N) is 1. The van der Waals surface area contributed by atoms with E-state index in [1.54, 1.807) is 0 Å². The fraction of sp³-hybridized carbons (Fsp3) is 0.214. The molecule has 110 valence electrons. The van der Waals surface area contributed by atoms with Crippen LogP contribution in [0.15, 0.2) is 44.8 Å². The molecule has 0 atom stereocenters. The highest BCUT2D eigenvalue weighted by molar-refractivity contribution is 9.10. The van der Waals surface area contributed by atoms with Gasteiger partial charge >= 0.3 is 0 Å². The number of aromatic amines is 1. The van der Waals surface area contributed by atoms with Crippen molar-refractivity contribution in [2.75, 3.05) is 11.1 Å². The van der Waals surface area contributed by atoms with Crippen LogP contribution in [0.3, 0.4) is 0 Å². The predicted molar refractivity (Wildman–Crippen MR) is 87.7 cm³/mol. The Morgan fingerprint density at radius 1 is 1.38 bits per heavy atom. The van der Waals surface area contributed by atoms with E-state index in [2.05, 4.69) is 31.2 Å². The highest BCUT2D eigenvalue weighted by Crippen LogP contribution is 2.16. The third kappa shape index (κ3) is 5.02. The molecule has 1 amide bonds. The molecule has 0 spiro atoms. The van der Waals surface area contributed by atoms with Crippen molar-refractivity contribution in [1.82, 2.24) is 9.97 Å². The molecule has 7 heteroatoms. The van der Waals surface area contributed by atoms with E-state index in [1.807, 2.05) is 31.2 Å². The van der Waals surface area contributed by atoms with Gasteiger partial charge in [0, 0.05) is 21.9 Å². The molecule has 0 fully saturated rings. The Bertz CT molecular complexity index is 685. The number of amides is 1. The zero-order chi connectivity index (χ0) is 15.2. The highest BCUT2D eigenvalue weighted by Gasteiger charge is 2.06. The smallest absolute Gasteiger partial charge is 0.251 e. The molecule has 5 nitrogen and oxygen atoms in total. The summed E-state index contributed by atoms with van der Waals surface area (Å²) in [6.07, 6.45) is 0.683. The molecule has 0 aliphatic heterocycles. The SMILES string of the molecule is CCc1cc(=O)[nH]c(SCC(=O)Nc2ccc(Br)cc2)n1. The van der Waals surface area contributed by atoms with Crippen LogP contribution < -0.4 is 10.9 Å². The van der Waals surface area contributed by atoms with Crippen LogP contribution in [0, 0.1) is 0 Å². The second-order valence-corrected chi connectivity index (χ2v) is 6.12. The highest BCUT2D eigenvalue weighted by atomic mass is 79.9. The average molecular weight is 368 g/mol. The van der Waals surface area contributed by atoms with Gasteiger partial charge in [-0.2, -0.15) is 0 Å². The van der Waals surface area contributed by atoms with E-state index in [1.165, 1.54) is 17.8 Å². The van der Waals surface area contributed by atoms with Crippen LogP contribution in [0.1, 0.15) is 12.6 Å². The minimum absolute atomic E-state index is 0.146. The molecule has 1 aromatic heterocycles. The lowest BCUT2D eigenvalue weighted by Gasteiger charge is -2.05. The molecule has 2 rings (SSSR count). The zero-order valence-electron chi connectivity index (χ0n) is 11.4. The summed E-state index contributed by atoms with van der Waals surface area (Å²) < 4.78 is 0.952. The molecule has 0 aliphatic rings. The van der Waals surface area contributed by atoms with Crippen molar-refractivity contribution < 1.29 is 4.79 Å². The monoisotopic (exact) mass is 367 g/mol. The second-order valence-electron chi connectivity index (χ2n) is 4.24. The summed E-state index contributed by atoms with van der Waals surface area (Å²) in [6, 6.07) is 8.79. The molecular weight excluding hydrogens is 354 g/mol. The van der Waals surface area contributed by atoms with Gasteiger partial charge in [0.1, 0.15) is 0 Å². The molecule has 21 heavy (non-hydrogen) atoms. The standard InChI is InChI=1S/C14H14BrN3O2S/c1-2-10-7-12(19)18-14(17-10)21-8-13(20)16-11-5-3-9(15)4-6-11/h3-7H,2,8H2,1H3,(H,16,20)(H,17,18,19). The van der Waals surface area contributed by atoms with Crippen molar-refractivity contribution in [3.63, 3.8) is 0 Å². The molecule has 0 bridgehead atoms. The average Bonchev–Trinajstić information content (AvgIpc) is 2.47. The first-order valence-electron chi connectivity index (χ1n) is 6.35. The molecule has 0 aliphatic carbocycles. The number of carbonyl (C=O) groups excluding carboxylic acids is 1. The molecule has 0 saturated heterocycles. The molecule has 2 aromatic rings. The van der Waals surface area contributed by atoms with Crippen LogP contribution in [0.25, 0.3) is 0 Å².